The van der Waals surface area contributed by atoms with Crippen LogP contribution in [0.15, 0.2) is 52.6 Å². The molecule has 42 heavy (non-hydrogen) atoms. The van der Waals surface area contributed by atoms with Gasteiger partial charge in [-0.3, -0.25) is 14.4 Å². The first-order valence-corrected chi connectivity index (χ1v) is 14.5. The van der Waals surface area contributed by atoms with E-state index >= 15 is 0 Å². The second-order valence-electron chi connectivity index (χ2n) is 9.91. The number of carbonyl (C=O) groups excluding carboxylic acids is 4. The number of nitrogens with one attached hydrogen (secondary N) is 1. The van der Waals surface area contributed by atoms with Gasteiger partial charge in [-0.05, 0) is 94.5 Å². The van der Waals surface area contributed by atoms with Gasteiger partial charge in [0.2, 0.25) is 0 Å². The number of terminal acetylenes is 1. The van der Waals surface area contributed by atoms with Crippen molar-refractivity contribution in [2.45, 2.75) is 52.0 Å². The van der Waals surface area contributed by atoms with E-state index in [9.17, 15) is 19.2 Å². The largest absolute Gasteiger partial charge is 0.462 e. The van der Waals surface area contributed by atoms with Crippen LogP contribution < -0.4 is 10.2 Å². The van der Waals surface area contributed by atoms with Gasteiger partial charge in [0.1, 0.15) is 5.03 Å². The van der Waals surface area contributed by atoms with Crippen molar-refractivity contribution in [3.05, 3.63) is 78.8 Å². The molecular weight excluding hydrogens is 622 g/mol. The van der Waals surface area contributed by atoms with Gasteiger partial charge in [0.25, 0.3) is 17.7 Å². The molecule has 7 nitrogen and oxygen atoms in total. The molecule has 4 rings (SSSR count). The number of esters is 1. The zero-order valence-electron chi connectivity index (χ0n) is 23.2. The molecule has 1 aliphatic heterocycles. The van der Waals surface area contributed by atoms with E-state index in [2.05, 4.69) is 11.2 Å². The number of nitrogens with zero attached hydrogens (tertiary/aromatic N) is 1. The van der Waals surface area contributed by atoms with Crippen molar-refractivity contribution in [2.24, 2.45) is 0 Å². The SMILES string of the molecule is C#CC(C)(C)NC(=O)c1cc(Cl)cc(Cl)c1.CCOC(=O)/C(Cl)=C/c1cc(N2C(=O)C3=C(CCCC3)C2=O)ccc1Cl. The van der Waals surface area contributed by atoms with Gasteiger partial charge in [0.15, 0.2) is 0 Å². The summed E-state index contributed by atoms with van der Waals surface area (Å²) >= 11 is 23.7. The molecule has 1 heterocycles. The molecule has 0 saturated carbocycles. The zero-order chi connectivity index (χ0) is 31.2. The second-order valence-corrected chi connectivity index (χ2v) is 11.6. The summed E-state index contributed by atoms with van der Waals surface area (Å²) in [7, 11) is 0. The molecule has 0 spiro atoms. The highest BCUT2D eigenvalue weighted by atomic mass is 35.5. The number of carbonyl (C=O) groups is 4. The molecule has 1 aliphatic carbocycles. The van der Waals surface area contributed by atoms with E-state index in [0.717, 1.165) is 12.8 Å². The first-order chi connectivity index (χ1) is 19.8. The highest BCUT2D eigenvalue weighted by Crippen LogP contribution is 2.37. The second kappa shape index (κ2) is 14.3. The van der Waals surface area contributed by atoms with Crippen LogP contribution in [0.5, 0.6) is 0 Å². The fourth-order valence-electron chi connectivity index (χ4n) is 4.23. The Hall–Kier alpha value is -3.28. The van der Waals surface area contributed by atoms with Crippen LogP contribution in [0, 0.1) is 12.3 Å². The van der Waals surface area contributed by atoms with Crippen LogP contribution in [0.2, 0.25) is 15.1 Å². The number of hydrogen-bond acceptors (Lipinski definition) is 5. The molecule has 220 valence electrons. The summed E-state index contributed by atoms with van der Waals surface area (Å²) in [4.78, 5) is 50.0. The Labute approximate surface area is 264 Å². The monoisotopic (exact) mass is 648 g/mol. The van der Waals surface area contributed by atoms with Gasteiger partial charge in [0.05, 0.1) is 17.8 Å². The number of rotatable bonds is 6. The summed E-state index contributed by atoms with van der Waals surface area (Å²) in [5.41, 5.74) is 1.73. The van der Waals surface area contributed by atoms with Crippen LogP contribution >= 0.6 is 46.4 Å². The van der Waals surface area contributed by atoms with E-state index in [1.807, 2.05) is 0 Å². The first-order valence-electron chi connectivity index (χ1n) is 13.0. The van der Waals surface area contributed by atoms with Crippen LogP contribution in [-0.4, -0.2) is 35.8 Å². The molecule has 0 radical (unpaired) electrons. The van der Waals surface area contributed by atoms with Gasteiger partial charge in [-0.15, -0.1) is 6.42 Å². The summed E-state index contributed by atoms with van der Waals surface area (Å²) in [6, 6.07) is 9.37. The Morgan fingerprint density at radius 3 is 2.12 bits per heavy atom. The van der Waals surface area contributed by atoms with E-state index in [0.29, 0.717) is 55.9 Å². The van der Waals surface area contributed by atoms with Crippen LogP contribution in [0.3, 0.4) is 0 Å². The number of imide groups is 1. The molecule has 2 aliphatic rings. The van der Waals surface area contributed by atoms with Crippen molar-refractivity contribution in [1.29, 1.82) is 0 Å². The van der Waals surface area contributed by atoms with Gasteiger partial charge < -0.3 is 10.1 Å². The third kappa shape index (κ3) is 8.17. The van der Waals surface area contributed by atoms with Gasteiger partial charge in [0, 0.05) is 31.8 Å². The lowest BCUT2D eigenvalue weighted by Gasteiger charge is -2.19. The molecule has 0 fully saturated rings. The number of hydrogen-bond donors (Lipinski definition) is 1. The van der Waals surface area contributed by atoms with Crippen molar-refractivity contribution in [2.75, 3.05) is 11.5 Å². The lowest BCUT2D eigenvalue weighted by molar-refractivity contribution is -0.137. The Balaban J connectivity index is 0.000000260. The van der Waals surface area contributed by atoms with Gasteiger partial charge >= 0.3 is 5.97 Å². The van der Waals surface area contributed by atoms with E-state index in [1.54, 1.807) is 45.0 Å². The predicted octanol–water partition coefficient (Wildman–Crippen LogP) is 7.36. The number of amides is 3. The maximum absolute atomic E-state index is 12.7. The molecule has 0 atom stereocenters. The van der Waals surface area contributed by atoms with E-state index in [1.165, 1.54) is 23.1 Å². The van der Waals surface area contributed by atoms with Gasteiger partial charge in [-0.25, -0.2) is 9.69 Å². The highest BCUT2D eigenvalue weighted by Gasteiger charge is 2.39. The number of ether oxygens (including phenoxy) is 1. The Kier molecular flexibility index (Phi) is 11.3. The number of anilines is 1. The average molecular weight is 650 g/mol. The lowest BCUT2D eigenvalue weighted by atomic mass is 9.93. The van der Waals surface area contributed by atoms with E-state index in [4.69, 9.17) is 57.6 Å². The Bertz CT molecular complexity index is 1490. The quantitative estimate of drug-likeness (QED) is 0.153. The first kappa shape index (κ1) is 33.2. The Morgan fingerprint density at radius 2 is 1.60 bits per heavy atom. The fraction of sp³-hybridized carbons (Fsp3) is 0.290. The molecule has 1 N–H and O–H groups in total. The van der Waals surface area contributed by atoms with Crippen LogP contribution in [0.4, 0.5) is 5.69 Å². The van der Waals surface area contributed by atoms with Crippen molar-refractivity contribution in [3.8, 4) is 12.3 Å². The molecular formula is C31H28Cl4N2O5. The van der Waals surface area contributed by atoms with Crippen molar-refractivity contribution in [3.63, 3.8) is 0 Å². The normalized spacial score (nSPS) is 15.0. The predicted molar refractivity (Wildman–Crippen MR) is 167 cm³/mol. The Morgan fingerprint density at radius 1 is 1.02 bits per heavy atom. The third-order valence-corrected chi connectivity index (χ3v) is 7.34. The van der Waals surface area contributed by atoms with E-state index in [-0.39, 0.29) is 29.4 Å². The maximum Gasteiger partial charge on any atom is 0.349 e. The summed E-state index contributed by atoms with van der Waals surface area (Å²) < 4.78 is 4.84. The average Bonchev–Trinajstić information content (AvgIpc) is 3.19. The van der Waals surface area contributed by atoms with Crippen molar-refractivity contribution in [1.82, 2.24) is 5.32 Å². The fourth-order valence-corrected chi connectivity index (χ4v) is 5.10. The molecule has 3 amide bonds. The highest BCUT2D eigenvalue weighted by molar-refractivity contribution is 6.44. The molecule has 11 heteroatoms. The molecule has 0 aromatic heterocycles. The number of benzene rings is 2. The summed E-state index contributed by atoms with van der Waals surface area (Å²) in [5, 5.41) is 3.71. The van der Waals surface area contributed by atoms with Crippen molar-refractivity contribution >= 4 is 81.9 Å². The lowest BCUT2D eigenvalue weighted by Crippen LogP contribution is -2.42. The topological polar surface area (TPSA) is 92.8 Å². The van der Waals surface area contributed by atoms with Crippen molar-refractivity contribution < 1.29 is 23.9 Å². The minimum atomic E-state index is -0.703. The molecule has 0 unspecified atom stereocenters. The summed E-state index contributed by atoms with van der Waals surface area (Å²) in [6.45, 7) is 5.34. The summed E-state index contributed by atoms with van der Waals surface area (Å²) in [5.74, 6) is 0.950. The zero-order valence-corrected chi connectivity index (χ0v) is 26.2. The summed E-state index contributed by atoms with van der Waals surface area (Å²) in [6.07, 6.45) is 9.73. The maximum atomic E-state index is 12.7. The molecule has 2 aromatic carbocycles. The smallest absolute Gasteiger partial charge is 0.349 e. The van der Waals surface area contributed by atoms with Gasteiger partial charge in [-0.2, -0.15) is 0 Å². The van der Waals surface area contributed by atoms with Crippen LogP contribution in [0.25, 0.3) is 6.08 Å². The molecule has 0 bridgehead atoms. The standard InChI is InChI=1S/C19H17Cl2NO4.C12H11Cl2NO/c1-2-26-19(25)16(21)10-11-9-12(7-8-15(11)20)22-17(23)13-5-3-4-6-14(13)18(22)24;1-4-12(2,3)15-11(16)8-5-9(13)7-10(14)6-8/h7-10H,2-6H2,1H3;1,5-7H,2-3H3,(H,15,16)/b16-10-;. The minimum Gasteiger partial charge on any atom is -0.462 e. The van der Waals surface area contributed by atoms with E-state index < -0.39 is 11.5 Å². The molecule has 2 aromatic rings. The van der Waals surface area contributed by atoms with Crippen LogP contribution in [0.1, 0.15) is 62.4 Å². The molecule has 0 saturated heterocycles. The van der Waals surface area contributed by atoms with Gasteiger partial charge in [-0.1, -0.05) is 52.3 Å². The number of halogens is 4. The van der Waals surface area contributed by atoms with Crippen LogP contribution in [-0.2, 0) is 19.1 Å². The third-order valence-electron chi connectivity index (χ3n) is 6.29. The minimum absolute atomic E-state index is 0.137.